The van der Waals surface area contributed by atoms with Gasteiger partial charge < -0.3 is 14.6 Å². The molecule has 1 saturated heterocycles. The van der Waals surface area contributed by atoms with Crippen LogP contribution in [-0.2, 0) is 23.9 Å². The normalized spacial score (nSPS) is 31.0. The third-order valence-corrected chi connectivity index (χ3v) is 4.74. The van der Waals surface area contributed by atoms with E-state index >= 15 is 0 Å². The Morgan fingerprint density at radius 3 is 2.85 bits per heavy atom. The summed E-state index contributed by atoms with van der Waals surface area (Å²) in [7, 11) is 0. The van der Waals surface area contributed by atoms with E-state index in [4.69, 9.17) is 9.47 Å². The molecule has 1 fully saturated rings. The molecule has 1 heterocycles. The highest BCUT2D eigenvalue weighted by Gasteiger charge is 2.44. The second-order valence-electron chi connectivity index (χ2n) is 6.46. The van der Waals surface area contributed by atoms with Crippen LogP contribution in [0.4, 0.5) is 0 Å². The molecule has 0 aromatic carbocycles. The van der Waals surface area contributed by atoms with Crippen molar-refractivity contribution < 1.29 is 29.0 Å². The van der Waals surface area contributed by atoms with Gasteiger partial charge in [0.1, 0.15) is 18.5 Å². The van der Waals surface area contributed by atoms with Crippen molar-refractivity contribution in [1.29, 1.82) is 0 Å². The van der Waals surface area contributed by atoms with E-state index in [0.717, 1.165) is 6.29 Å². The fourth-order valence-corrected chi connectivity index (χ4v) is 3.07. The minimum atomic E-state index is -0.771. The van der Waals surface area contributed by atoms with Gasteiger partial charge in [-0.1, -0.05) is 18.7 Å². The molecular formula is C20H24O6. The van der Waals surface area contributed by atoms with Crippen molar-refractivity contribution in [2.24, 2.45) is 5.92 Å². The molecule has 1 N–H and O–H groups in total. The molecule has 6 nitrogen and oxygen atoms in total. The largest absolute Gasteiger partial charge is 0.458 e. The number of aliphatic hydroxyl groups excluding tert-OH is 1. The van der Waals surface area contributed by atoms with E-state index < -0.39 is 30.1 Å². The number of carbonyl (C=O) groups excluding carboxylic acids is 3. The number of aliphatic hydroxyl groups is 1. The van der Waals surface area contributed by atoms with Crippen LogP contribution in [0.1, 0.15) is 33.1 Å². The SMILES string of the molecule is C=C1C(=O)O[C@@H]2/C=C(\CO)CC/C=C(/C=O)C[C@H](OC(=O)/C(C)=C\C)[C@H]12. The first-order valence-electron chi connectivity index (χ1n) is 8.59. The Kier molecular flexibility index (Phi) is 6.69. The number of carbonyl (C=O) groups is 3. The summed E-state index contributed by atoms with van der Waals surface area (Å²) in [5.41, 5.74) is 1.80. The molecule has 2 aliphatic rings. The van der Waals surface area contributed by atoms with Gasteiger partial charge in [-0.25, -0.2) is 9.59 Å². The van der Waals surface area contributed by atoms with Crippen molar-refractivity contribution in [2.45, 2.75) is 45.3 Å². The van der Waals surface area contributed by atoms with E-state index in [1.165, 1.54) is 0 Å². The average Bonchev–Trinajstić information content (AvgIpc) is 2.91. The van der Waals surface area contributed by atoms with Crippen molar-refractivity contribution in [3.05, 3.63) is 47.1 Å². The van der Waals surface area contributed by atoms with E-state index in [2.05, 4.69) is 6.58 Å². The molecule has 0 spiro atoms. The summed E-state index contributed by atoms with van der Waals surface area (Å²) in [5, 5.41) is 9.55. The Bertz CT molecular complexity index is 697. The first-order valence-corrected chi connectivity index (χ1v) is 8.59. The maximum absolute atomic E-state index is 12.3. The lowest BCUT2D eigenvalue weighted by Gasteiger charge is -2.27. The van der Waals surface area contributed by atoms with Crippen LogP contribution in [0.2, 0.25) is 0 Å². The molecule has 0 aromatic heterocycles. The highest BCUT2D eigenvalue weighted by Crippen LogP contribution is 2.36. The van der Waals surface area contributed by atoms with Crippen molar-refractivity contribution in [2.75, 3.05) is 6.61 Å². The van der Waals surface area contributed by atoms with Gasteiger partial charge in [-0.2, -0.15) is 0 Å². The number of esters is 2. The summed E-state index contributed by atoms with van der Waals surface area (Å²) in [5.74, 6) is -1.69. The minimum absolute atomic E-state index is 0.172. The number of hydrogen-bond donors (Lipinski definition) is 1. The van der Waals surface area contributed by atoms with Gasteiger partial charge in [-0.15, -0.1) is 0 Å². The van der Waals surface area contributed by atoms with Crippen LogP contribution in [-0.4, -0.2) is 42.1 Å². The Balaban J connectivity index is 2.45. The van der Waals surface area contributed by atoms with Crippen molar-refractivity contribution >= 4 is 18.2 Å². The van der Waals surface area contributed by atoms with E-state index in [1.54, 1.807) is 32.1 Å². The molecule has 1 aliphatic carbocycles. The average molecular weight is 360 g/mol. The summed E-state index contributed by atoms with van der Waals surface area (Å²) in [6, 6.07) is 0. The van der Waals surface area contributed by atoms with Crippen LogP contribution in [0.5, 0.6) is 0 Å². The number of aldehydes is 1. The van der Waals surface area contributed by atoms with Crippen molar-refractivity contribution in [3.8, 4) is 0 Å². The van der Waals surface area contributed by atoms with E-state index in [1.807, 2.05) is 0 Å². The summed E-state index contributed by atoms with van der Waals surface area (Å²) >= 11 is 0. The Morgan fingerprint density at radius 2 is 2.23 bits per heavy atom. The molecule has 140 valence electrons. The molecule has 1 aliphatic heterocycles. The predicted octanol–water partition coefficient (Wildman–Crippen LogP) is 2.19. The molecule has 0 aromatic rings. The first-order chi connectivity index (χ1) is 12.4. The van der Waals surface area contributed by atoms with E-state index in [9.17, 15) is 19.5 Å². The maximum atomic E-state index is 12.3. The molecule has 0 radical (unpaired) electrons. The molecule has 6 heteroatoms. The molecule has 0 bridgehead atoms. The van der Waals surface area contributed by atoms with Crippen LogP contribution in [0.15, 0.2) is 47.1 Å². The first kappa shape index (κ1) is 19.8. The Labute approximate surface area is 152 Å². The summed E-state index contributed by atoms with van der Waals surface area (Å²) in [6.45, 7) is 6.96. The van der Waals surface area contributed by atoms with Gasteiger partial charge in [-0.05, 0) is 43.9 Å². The topological polar surface area (TPSA) is 89.9 Å². The van der Waals surface area contributed by atoms with Gasteiger partial charge in [-0.3, -0.25) is 4.79 Å². The summed E-state index contributed by atoms with van der Waals surface area (Å²) < 4.78 is 11.0. The molecular weight excluding hydrogens is 336 g/mol. The Morgan fingerprint density at radius 1 is 1.50 bits per heavy atom. The third-order valence-electron chi connectivity index (χ3n) is 4.74. The van der Waals surface area contributed by atoms with Crippen LogP contribution in [0.3, 0.4) is 0 Å². The molecule has 3 atom stereocenters. The van der Waals surface area contributed by atoms with Crippen LogP contribution < -0.4 is 0 Å². The zero-order chi connectivity index (χ0) is 19.3. The van der Waals surface area contributed by atoms with Crippen LogP contribution >= 0.6 is 0 Å². The Hall–Kier alpha value is -2.47. The van der Waals surface area contributed by atoms with Crippen LogP contribution in [0.25, 0.3) is 0 Å². The van der Waals surface area contributed by atoms with Gasteiger partial charge in [0, 0.05) is 17.6 Å². The number of fused-ring (bicyclic) bond motifs is 1. The fraction of sp³-hybridized carbons (Fsp3) is 0.450. The predicted molar refractivity (Wildman–Crippen MR) is 95.0 cm³/mol. The van der Waals surface area contributed by atoms with Gasteiger partial charge >= 0.3 is 11.9 Å². The molecule has 0 unspecified atom stereocenters. The molecule has 0 saturated carbocycles. The van der Waals surface area contributed by atoms with E-state index in [-0.39, 0.29) is 18.6 Å². The van der Waals surface area contributed by atoms with Gasteiger partial charge in [0.25, 0.3) is 0 Å². The fourth-order valence-electron chi connectivity index (χ4n) is 3.07. The summed E-state index contributed by atoms with van der Waals surface area (Å²) in [4.78, 5) is 35.8. The minimum Gasteiger partial charge on any atom is -0.458 e. The number of ether oxygens (including phenoxy) is 2. The summed E-state index contributed by atoms with van der Waals surface area (Å²) in [6.07, 6.45) is 5.63. The smallest absolute Gasteiger partial charge is 0.334 e. The number of allylic oxidation sites excluding steroid dienone is 2. The molecule has 0 amide bonds. The quantitative estimate of drug-likeness (QED) is 0.358. The van der Waals surface area contributed by atoms with Crippen molar-refractivity contribution in [1.82, 2.24) is 0 Å². The monoisotopic (exact) mass is 360 g/mol. The van der Waals surface area contributed by atoms with E-state index in [0.29, 0.717) is 29.6 Å². The second-order valence-corrected chi connectivity index (χ2v) is 6.46. The zero-order valence-electron chi connectivity index (χ0n) is 15.1. The lowest BCUT2D eigenvalue weighted by molar-refractivity contribution is -0.147. The highest BCUT2D eigenvalue weighted by atomic mass is 16.6. The second kappa shape index (κ2) is 8.76. The van der Waals surface area contributed by atoms with Gasteiger partial charge in [0.05, 0.1) is 12.5 Å². The van der Waals surface area contributed by atoms with Crippen LogP contribution in [0, 0.1) is 5.92 Å². The standard InChI is InChI=1S/C20H24O6/c1-4-12(2)19(23)25-16-8-14(10-21)6-5-7-15(11-22)9-17-18(16)13(3)20(24)26-17/h4,6,9-10,16-18,22H,3,5,7-8,11H2,1-2H3/b12-4-,14-6+,15-9-/t16-,17+,18-/m0/s1. The molecule has 26 heavy (non-hydrogen) atoms. The maximum Gasteiger partial charge on any atom is 0.334 e. The third kappa shape index (κ3) is 4.38. The molecule has 2 rings (SSSR count). The lowest BCUT2D eigenvalue weighted by atomic mass is 9.85. The van der Waals surface area contributed by atoms with Crippen molar-refractivity contribution in [3.63, 3.8) is 0 Å². The lowest BCUT2D eigenvalue weighted by Crippen LogP contribution is -2.34. The zero-order valence-corrected chi connectivity index (χ0v) is 15.1. The number of rotatable bonds is 4. The highest BCUT2D eigenvalue weighted by molar-refractivity contribution is 5.92. The van der Waals surface area contributed by atoms with Gasteiger partial charge in [0.2, 0.25) is 0 Å². The number of hydrogen-bond acceptors (Lipinski definition) is 6. The van der Waals surface area contributed by atoms with Gasteiger partial charge in [0.15, 0.2) is 0 Å².